The maximum absolute atomic E-state index is 11.6. The number of amides is 2. The molecule has 1 heterocycles. The number of H-pyrrole nitrogens is 1. The van der Waals surface area contributed by atoms with E-state index in [4.69, 9.17) is 5.11 Å². The third-order valence-electron chi connectivity index (χ3n) is 2.72. The molecule has 0 bridgehead atoms. The highest BCUT2D eigenvalue weighted by molar-refractivity contribution is 5.75. The van der Waals surface area contributed by atoms with Gasteiger partial charge in [0, 0.05) is 24.8 Å². The van der Waals surface area contributed by atoms with E-state index in [0.717, 1.165) is 5.56 Å². The first-order valence-corrected chi connectivity index (χ1v) is 6.50. The fraction of sp³-hybridized carbons (Fsp3) is 0.615. The molecule has 2 amide bonds. The van der Waals surface area contributed by atoms with Gasteiger partial charge in [0.15, 0.2) is 0 Å². The van der Waals surface area contributed by atoms with Crippen molar-refractivity contribution >= 4 is 12.0 Å². The molecule has 1 aromatic rings. The summed E-state index contributed by atoms with van der Waals surface area (Å²) >= 11 is 0. The minimum absolute atomic E-state index is 0.0992. The van der Waals surface area contributed by atoms with E-state index in [1.165, 1.54) is 0 Å². The summed E-state index contributed by atoms with van der Waals surface area (Å²) in [6.07, 6.45) is 3.80. The van der Waals surface area contributed by atoms with E-state index >= 15 is 0 Å². The summed E-state index contributed by atoms with van der Waals surface area (Å²) in [6.45, 7) is 6.38. The van der Waals surface area contributed by atoms with Crippen LogP contribution in [0.4, 0.5) is 4.79 Å². The molecule has 1 atom stereocenters. The van der Waals surface area contributed by atoms with Gasteiger partial charge in [0.1, 0.15) is 0 Å². The topological polar surface area (TPSA) is 107 Å². The van der Waals surface area contributed by atoms with E-state index in [0.29, 0.717) is 13.0 Å². The predicted octanol–water partition coefficient (Wildman–Crippen LogP) is 1.35. The molecule has 7 heteroatoms. The number of nitrogens with one attached hydrogen (secondary N) is 3. The maximum Gasteiger partial charge on any atom is 0.315 e. The number of rotatable bonds is 6. The SMILES string of the molecule is CC(C)(C)CC(CNC(=O)NCc1cn[nH]c1)C(=O)O. The second-order valence-electron chi connectivity index (χ2n) is 5.97. The van der Waals surface area contributed by atoms with Gasteiger partial charge in [-0.25, -0.2) is 4.79 Å². The Hall–Kier alpha value is -2.05. The molecule has 4 N–H and O–H groups in total. The van der Waals surface area contributed by atoms with Crippen molar-refractivity contribution in [3.63, 3.8) is 0 Å². The van der Waals surface area contributed by atoms with E-state index in [9.17, 15) is 9.59 Å². The van der Waals surface area contributed by atoms with E-state index in [2.05, 4.69) is 20.8 Å². The Morgan fingerprint density at radius 2 is 2.10 bits per heavy atom. The minimum atomic E-state index is -0.893. The van der Waals surface area contributed by atoms with E-state index in [-0.39, 0.29) is 18.0 Å². The van der Waals surface area contributed by atoms with Crippen molar-refractivity contribution in [1.82, 2.24) is 20.8 Å². The molecule has 0 aromatic carbocycles. The number of carbonyl (C=O) groups excluding carboxylic acids is 1. The van der Waals surface area contributed by atoms with Gasteiger partial charge < -0.3 is 15.7 Å². The zero-order chi connectivity index (χ0) is 15.2. The van der Waals surface area contributed by atoms with Gasteiger partial charge in [-0.1, -0.05) is 20.8 Å². The Bertz CT molecular complexity index is 437. The lowest BCUT2D eigenvalue weighted by Crippen LogP contribution is -2.40. The molecular formula is C13H22N4O3. The molecule has 1 unspecified atom stereocenters. The Morgan fingerprint density at radius 1 is 1.40 bits per heavy atom. The summed E-state index contributed by atoms with van der Waals surface area (Å²) in [4.78, 5) is 22.7. The highest BCUT2D eigenvalue weighted by atomic mass is 16.4. The monoisotopic (exact) mass is 282 g/mol. The molecule has 0 aliphatic carbocycles. The van der Waals surface area contributed by atoms with Crippen LogP contribution >= 0.6 is 0 Å². The fourth-order valence-corrected chi connectivity index (χ4v) is 1.82. The predicted molar refractivity (Wildman–Crippen MR) is 74.0 cm³/mol. The van der Waals surface area contributed by atoms with Crippen molar-refractivity contribution < 1.29 is 14.7 Å². The van der Waals surface area contributed by atoms with Gasteiger partial charge >= 0.3 is 12.0 Å². The number of aliphatic carboxylic acids is 1. The number of urea groups is 1. The second kappa shape index (κ2) is 6.93. The first kappa shape index (κ1) is 16.0. The molecule has 1 rings (SSSR count). The average Bonchev–Trinajstić information content (AvgIpc) is 2.83. The molecule has 0 saturated carbocycles. The van der Waals surface area contributed by atoms with Crippen LogP contribution in [0.25, 0.3) is 0 Å². The van der Waals surface area contributed by atoms with E-state index in [1.807, 2.05) is 20.8 Å². The third-order valence-corrected chi connectivity index (χ3v) is 2.72. The molecule has 0 saturated heterocycles. The Kier molecular flexibility index (Phi) is 5.54. The van der Waals surface area contributed by atoms with Crippen molar-refractivity contribution in [2.24, 2.45) is 11.3 Å². The van der Waals surface area contributed by atoms with Crippen LogP contribution in [-0.2, 0) is 11.3 Å². The van der Waals surface area contributed by atoms with Crippen LogP contribution in [0.2, 0.25) is 0 Å². The number of aromatic amines is 1. The van der Waals surface area contributed by atoms with Crippen LogP contribution in [0.3, 0.4) is 0 Å². The number of carboxylic acid groups (broad SMARTS) is 1. The number of carboxylic acids is 1. The molecule has 112 valence electrons. The summed E-state index contributed by atoms with van der Waals surface area (Å²) in [5.41, 5.74) is 0.752. The van der Waals surface area contributed by atoms with Crippen molar-refractivity contribution in [1.29, 1.82) is 0 Å². The third kappa shape index (κ3) is 6.21. The summed E-state index contributed by atoms with van der Waals surface area (Å²) in [5.74, 6) is -1.48. The van der Waals surface area contributed by atoms with Crippen LogP contribution < -0.4 is 10.6 Å². The van der Waals surface area contributed by atoms with Gasteiger partial charge in [-0.2, -0.15) is 5.10 Å². The lowest BCUT2D eigenvalue weighted by molar-refractivity contribution is -0.142. The summed E-state index contributed by atoms with van der Waals surface area (Å²) in [5, 5.41) is 20.8. The highest BCUT2D eigenvalue weighted by Gasteiger charge is 2.24. The maximum atomic E-state index is 11.6. The van der Waals surface area contributed by atoms with E-state index in [1.54, 1.807) is 12.4 Å². The van der Waals surface area contributed by atoms with Crippen LogP contribution in [0.15, 0.2) is 12.4 Å². The van der Waals surface area contributed by atoms with E-state index < -0.39 is 11.9 Å². The van der Waals surface area contributed by atoms with Gasteiger partial charge in [-0.15, -0.1) is 0 Å². The molecule has 0 radical (unpaired) electrons. The Labute approximate surface area is 118 Å². The van der Waals surface area contributed by atoms with Crippen molar-refractivity contribution in [2.75, 3.05) is 6.54 Å². The lowest BCUT2D eigenvalue weighted by atomic mass is 9.84. The number of nitrogens with zero attached hydrogens (tertiary/aromatic N) is 1. The molecule has 0 spiro atoms. The first-order chi connectivity index (χ1) is 9.28. The Balaban J connectivity index is 2.35. The van der Waals surface area contributed by atoms with Crippen molar-refractivity contribution in [2.45, 2.75) is 33.7 Å². The van der Waals surface area contributed by atoms with Gasteiger partial charge in [-0.05, 0) is 11.8 Å². The molecule has 20 heavy (non-hydrogen) atoms. The van der Waals surface area contributed by atoms with Gasteiger partial charge in [0.25, 0.3) is 0 Å². The average molecular weight is 282 g/mol. The van der Waals surface area contributed by atoms with Crippen LogP contribution in [0, 0.1) is 11.3 Å². The normalized spacial score (nSPS) is 12.8. The number of carbonyl (C=O) groups is 2. The zero-order valence-electron chi connectivity index (χ0n) is 12.1. The smallest absolute Gasteiger partial charge is 0.315 e. The zero-order valence-corrected chi connectivity index (χ0v) is 12.1. The summed E-state index contributed by atoms with van der Waals surface area (Å²) in [6, 6.07) is -0.383. The standard InChI is InChI=1S/C13H22N4O3/c1-13(2,3)4-10(11(18)19)8-15-12(20)14-5-9-6-16-17-7-9/h6-7,10H,4-5,8H2,1-3H3,(H,16,17)(H,18,19)(H2,14,15,20). The highest BCUT2D eigenvalue weighted by Crippen LogP contribution is 2.24. The molecule has 7 nitrogen and oxygen atoms in total. The summed E-state index contributed by atoms with van der Waals surface area (Å²) in [7, 11) is 0. The number of hydrogen-bond donors (Lipinski definition) is 4. The largest absolute Gasteiger partial charge is 0.481 e. The lowest BCUT2D eigenvalue weighted by Gasteiger charge is -2.23. The first-order valence-electron chi connectivity index (χ1n) is 6.50. The molecule has 1 aromatic heterocycles. The van der Waals surface area contributed by atoms with Gasteiger partial charge in [0.2, 0.25) is 0 Å². The molecule has 0 aliphatic rings. The number of aromatic nitrogens is 2. The minimum Gasteiger partial charge on any atom is -0.481 e. The summed E-state index contributed by atoms with van der Waals surface area (Å²) < 4.78 is 0. The van der Waals surface area contributed by atoms with Crippen molar-refractivity contribution in [3.8, 4) is 0 Å². The van der Waals surface area contributed by atoms with Crippen molar-refractivity contribution in [3.05, 3.63) is 18.0 Å². The molecule has 0 fully saturated rings. The van der Waals surface area contributed by atoms with Gasteiger partial charge in [-0.3, -0.25) is 9.89 Å². The quantitative estimate of drug-likeness (QED) is 0.631. The van der Waals surface area contributed by atoms with Gasteiger partial charge in [0.05, 0.1) is 12.1 Å². The second-order valence-corrected chi connectivity index (χ2v) is 5.97. The number of hydrogen-bond acceptors (Lipinski definition) is 3. The Morgan fingerprint density at radius 3 is 2.60 bits per heavy atom. The fourth-order valence-electron chi connectivity index (χ4n) is 1.82. The van der Waals surface area contributed by atoms with Crippen LogP contribution in [-0.4, -0.2) is 33.8 Å². The van der Waals surface area contributed by atoms with Crippen LogP contribution in [0.5, 0.6) is 0 Å². The van der Waals surface area contributed by atoms with Crippen LogP contribution in [0.1, 0.15) is 32.8 Å². The molecular weight excluding hydrogens is 260 g/mol. The molecule has 0 aliphatic heterocycles.